The lowest BCUT2D eigenvalue weighted by molar-refractivity contribution is -0.121. The van der Waals surface area contributed by atoms with Gasteiger partial charge in [0.25, 0.3) is 5.91 Å². The molecule has 0 saturated carbocycles. The largest absolute Gasteiger partial charge is 0.346 e. The van der Waals surface area contributed by atoms with Gasteiger partial charge < -0.3 is 5.32 Å². The van der Waals surface area contributed by atoms with Crippen LogP contribution in [0.4, 0.5) is 0 Å². The molecule has 0 radical (unpaired) electrons. The van der Waals surface area contributed by atoms with E-state index in [1.807, 2.05) is 11.4 Å². The molecule has 0 unspecified atom stereocenters. The minimum atomic E-state index is -0.231. The zero-order valence-electron chi connectivity index (χ0n) is 8.83. The molecule has 0 aliphatic carbocycles. The molecule has 1 aliphatic rings. The van der Waals surface area contributed by atoms with E-state index in [0.29, 0.717) is 25.1 Å². The van der Waals surface area contributed by atoms with Crippen LogP contribution in [0.25, 0.3) is 0 Å². The van der Waals surface area contributed by atoms with E-state index in [9.17, 15) is 9.59 Å². The Morgan fingerprint density at radius 1 is 1.59 bits per heavy atom. The van der Waals surface area contributed by atoms with Crippen LogP contribution in [0.1, 0.15) is 17.7 Å². The lowest BCUT2D eigenvalue weighted by Crippen LogP contribution is -2.36. The zero-order chi connectivity index (χ0) is 12.3. The molecule has 0 aromatic carbocycles. The molecule has 17 heavy (non-hydrogen) atoms. The number of hydrogen-bond acceptors (Lipinski definition) is 4. The van der Waals surface area contributed by atoms with Crippen LogP contribution in [0.2, 0.25) is 0 Å². The van der Waals surface area contributed by atoms with Crippen molar-refractivity contribution < 1.29 is 9.59 Å². The van der Waals surface area contributed by atoms with Crippen LogP contribution in [0, 0.1) is 0 Å². The molecule has 90 valence electrons. The molecular weight excluding hydrogens is 306 g/mol. The Labute approximate surface area is 110 Å². The number of amides is 2. The molecule has 0 saturated heterocycles. The Balaban J connectivity index is 1.90. The number of nitrogens with zero attached hydrogens (tertiary/aromatic N) is 1. The zero-order valence-corrected chi connectivity index (χ0v) is 11.2. The van der Waals surface area contributed by atoms with Crippen LogP contribution in [0.5, 0.6) is 0 Å². The van der Waals surface area contributed by atoms with E-state index in [0.717, 1.165) is 9.35 Å². The van der Waals surface area contributed by atoms with Crippen molar-refractivity contribution >= 4 is 44.8 Å². The van der Waals surface area contributed by atoms with E-state index in [4.69, 9.17) is 0 Å². The predicted octanol–water partition coefficient (Wildman–Crippen LogP) is 1.39. The molecule has 1 aromatic heterocycles. The molecule has 0 atom stereocenters. The average Bonchev–Trinajstić information content (AvgIpc) is 2.73. The molecule has 5 nitrogen and oxygen atoms in total. The molecule has 2 rings (SSSR count). The molecule has 1 aliphatic heterocycles. The van der Waals surface area contributed by atoms with Gasteiger partial charge in [0.05, 0.1) is 6.54 Å². The van der Waals surface area contributed by atoms with Gasteiger partial charge in [0.2, 0.25) is 5.91 Å². The maximum atomic E-state index is 11.7. The van der Waals surface area contributed by atoms with Crippen molar-refractivity contribution in [3.8, 4) is 0 Å². The summed E-state index contributed by atoms with van der Waals surface area (Å²) in [5.41, 5.74) is 2.67. The lowest BCUT2D eigenvalue weighted by Gasteiger charge is -2.11. The number of carbonyl (C=O) groups excluding carboxylic acids is 2. The first-order valence-corrected chi connectivity index (χ1v) is 6.69. The van der Waals surface area contributed by atoms with E-state index in [2.05, 4.69) is 31.8 Å². The highest BCUT2D eigenvalue weighted by Gasteiger charge is 2.18. The van der Waals surface area contributed by atoms with Crippen LogP contribution in [-0.4, -0.2) is 17.5 Å². The molecule has 1 aromatic rings. The Kier molecular flexibility index (Phi) is 3.90. The molecule has 0 fully saturated rings. The third-order valence-corrected chi connectivity index (χ3v) is 4.19. The van der Waals surface area contributed by atoms with Crippen molar-refractivity contribution in [2.24, 2.45) is 5.10 Å². The number of hydrazone groups is 1. The first-order chi connectivity index (χ1) is 8.16. The highest BCUT2D eigenvalue weighted by atomic mass is 79.9. The summed E-state index contributed by atoms with van der Waals surface area (Å²) in [5.74, 6) is -0.382. The normalized spacial score (nSPS) is 15.1. The lowest BCUT2D eigenvalue weighted by atomic mass is 10.1. The van der Waals surface area contributed by atoms with Crippen molar-refractivity contribution in [3.63, 3.8) is 0 Å². The van der Waals surface area contributed by atoms with Gasteiger partial charge in [0.1, 0.15) is 5.71 Å². The number of hydrogen-bond donors (Lipinski definition) is 2. The Hall–Kier alpha value is -1.21. The standard InChI is InChI=1S/C10H10BrN3O2S/c11-6-3-4-17-8(6)5-12-10(16)7-1-2-9(15)14-13-7/h3-4H,1-2,5H2,(H,12,16)(H,14,15). The first kappa shape index (κ1) is 12.3. The second kappa shape index (κ2) is 5.42. The Bertz CT molecular complexity index is 484. The quantitative estimate of drug-likeness (QED) is 0.885. The van der Waals surface area contributed by atoms with E-state index >= 15 is 0 Å². The van der Waals surface area contributed by atoms with Crippen molar-refractivity contribution in [3.05, 3.63) is 20.8 Å². The van der Waals surface area contributed by atoms with Gasteiger partial charge in [0, 0.05) is 22.2 Å². The summed E-state index contributed by atoms with van der Waals surface area (Å²) in [6.45, 7) is 0.462. The highest BCUT2D eigenvalue weighted by molar-refractivity contribution is 9.10. The van der Waals surface area contributed by atoms with Crippen molar-refractivity contribution in [1.29, 1.82) is 0 Å². The monoisotopic (exact) mass is 315 g/mol. The van der Waals surface area contributed by atoms with Gasteiger partial charge in [-0.1, -0.05) is 0 Å². The second-order valence-corrected chi connectivity index (χ2v) is 5.32. The Morgan fingerprint density at radius 2 is 2.41 bits per heavy atom. The summed E-state index contributed by atoms with van der Waals surface area (Å²) in [6, 6.07) is 1.94. The smallest absolute Gasteiger partial charge is 0.267 e. The maximum Gasteiger partial charge on any atom is 0.267 e. The number of thiophene rings is 1. The molecule has 2 heterocycles. The van der Waals surface area contributed by atoms with Gasteiger partial charge in [-0.25, -0.2) is 5.43 Å². The SMILES string of the molecule is O=C1CCC(C(=O)NCc2sccc2Br)=NN1. The first-order valence-electron chi connectivity index (χ1n) is 5.02. The van der Waals surface area contributed by atoms with Crippen LogP contribution < -0.4 is 10.7 Å². The molecule has 0 bridgehead atoms. The van der Waals surface area contributed by atoms with Gasteiger partial charge >= 0.3 is 0 Å². The number of carbonyl (C=O) groups is 2. The van der Waals surface area contributed by atoms with Crippen molar-refractivity contribution in [2.75, 3.05) is 0 Å². The fourth-order valence-corrected chi connectivity index (χ4v) is 2.78. The van der Waals surface area contributed by atoms with Crippen LogP contribution in [0.3, 0.4) is 0 Å². The highest BCUT2D eigenvalue weighted by Crippen LogP contribution is 2.22. The number of rotatable bonds is 3. The van der Waals surface area contributed by atoms with Crippen molar-refractivity contribution in [1.82, 2.24) is 10.7 Å². The molecule has 7 heteroatoms. The fraction of sp³-hybridized carbons (Fsp3) is 0.300. The molecule has 2 amide bonds. The summed E-state index contributed by atoms with van der Waals surface area (Å²) in [6.07, 6.45) is 0.707. The summed E-state index contributed by atoms with van der Waals surface area (Å²) < 4.78 is 0.988. The third-order valence-electron chi connectivity index (χ3n) is 2.27. The van der Waals surface area contributed by atoms with Crippen molar-refractivity contribution in [2.45, 2.75) is 19.4 Å². The Morgan fingerprint density at radius 3 is 3.00 bits per heavy atom. The van der Waals surface area contributed by atoms with Gasteiger partial charge in [-0.2, -0.15) is 5.10 Å². The third kappa shape index (κ3) is 3.13. The predicted molar refractivity (Wildman–Crippen MR) is 68.7 cm³/mol. The minimum absolute atomic E-state index is 0.150. The van der Waals surface area contributed by atoms with E-state index in [-0.39, 0.29) is 11.8 Å². The number of nitrogens with one attached hydrogen (secondary N) is 2. The second-order valence-electron chi connectivity index (χ2n) is 3.47. The van der Waals surface area contributed by atoms with Gasteiger partial charge in [-0.3, -0.25) is 9.59 Å². The van der Waals surface area contributed by atoms with Crippen LogP contribution in [-0.2, 0) is 16.1 Å². The minimum Gasteiger partial charge on any atom is -0.346 e. The van der Waals surface area contributed by atoms with Gasteiger partial charge in [-0.15, -0.1) is 11.3 Å². The topological polar surface area (TPSA) is 70.6 Å². The van der Waals surface area contributed by atoms with Gasteiger partial charge in [0.15, 0.2) is 0 Å². The summed E-state index contributed by atoms with van der Waals surface area (Å²) in [7, 11) is 0. The van der Waals surface area contributed by atoms with Crippen LogP contribution in [0.15, 0.2) is 21.0 Å². The van der Waals surface area contributed by atoms with Crippen LogP contribution >= 0.6 is 27.3 Å². The van der Waals surface area contributed by atoms with E-state index in [1.165, 1.54) is 0 Å². The molecular formula is C10H10BrN3O2S. The van der Waals surface area contributed by atoms with Gasteiger partial charge in [-0.05, 0) is 27.4 Å². The summed E-state index contributed by atoms with van der Waals surface area (Å²) in [4.78, 5) is 23.6. The van der Waals surface area contributed by atoms with E-state index in [1.54, 1.807) is 11.3 Å². The molecule has 0 spiro atoms. The molecule has 2 N–H and O–H groups in total. The number of halogens is 1. The fourth-order valence-electron chi connectivity index (χ4n) is 1.35. The summed E-state index contributed by atoms with van der Waals surface area (Å²) >= 11 is 4.96. The van der Waals surface area contributed by atoms with E-state index < -0.39 is 0 Å². The maximum absolute atomic E-state index is 11.7. The summed E-state index contributed by atoms with van der Waals surface area (Å²) in [5, 5.41) is 8.45. The average molecular weight is 316 g/mol.